The van der Waals surface area contributed by atoms with Crippen LogP contribution in [0.1, 0.15) is 29.6 Å². The van der Waals surface area contributed by atoms with Gasteiger partial charge in [-0.15, -0.1) is 12.4 Å². The molecule has 1 aromatic carbocycles. The first-order valence-electron chi connectivity index (χ1n) is 8.16. The number of piperidine rings is 1. The number of amides is 1. The van der Waals surface area contributed by atoms with E-state index in [1.807, 2.05) is 4.90 Å². The van der Waals surface area contributed by atoms with Gasteiger partial charge in [-0.3, -0.25) is 4.79 Å². The molecule has 2 saturated heterocycles. The minimum absolute atomic E-state index is 0. The third-order valence-corrected chi connectivity index (χ3v) is 4.56. The number of methoxy groups -OCH3 is 1. The number of nitrogens with one attached hydrogen (secondary N) is 1. The molecule has 8 heteroatoms. The second kappa shape index (κ2) is 8.49. The summed E-state index contributed by atoms with van der Waals surface area (Å²) in [5.41, 5.74) is 0.108. The normalized spacial score (nSPS) is 21.0. The van der Waals surface area contributed by atoms with Crippen molar-refractivity contribution in [1.29, 1.82) is 0 Å². The monoisotopic (exact) mass is 372 g/mol. The summed E-state index contributed by atoms with van der Waals surface area (Å²) in [7, 11) is 1.23. The molecular weight excluding hydrogens is 351 g/mol. The van der Waals surface area contributed by atoms with Crippen molar-refractivity contribution >= 4 is 24.3 Å². The molecule has 3 rings (SSSR count). The first-order chi connectivity index (χ1) is 11.6. The van der Waals surface area contributed by atoms with E-state index in [0.717, 1.165) is 32.0 Å². The topological polar surface area (TPSA) is 67.9 Å². The van der Waals surface area contributed by atoms with Gasteiger partial charge < -0.3 is 19.7 Å². The van der Waals surface area contributed by atoms with Crippen LogP contribution in [0.2, 0.25) is 0 Å². The van der Waals surface area contributed by atoms with Crippen molar-refractivity contribution in [3.8, 4) is 5.75 Å². The van der Waals surface area contributed by atoms with Crippen LogP contribution in [0.25, 0.3) is 0 Å². The lowest BCUT2D eigenvalue weighted by Crippen LogP contribution is -2.45. The molecule has 2 aliphatic heterocycles. The summed E-state index contributed by atoms with van der Waals surface area (Å²) in [6.07, 6.45) is 1.74. The molecule has 2 heterocycles. The van der Waals surface area contributed by atoms with E-state index in [0.29, 0.717) is 13.0 Å². The predicted octanol–water partition coefficient (Wildman–Crippen LogP) is 1.77. The maximum absolute atomic E-state index is 14.1. The van der Waals surface area contributed by atoms with Gasteiger partial charge in [-0.2, -0.15) is 0 Å². The molecule has 0 spiro atoms. The van der Waals surface area contributed by atoms with Crippen LogP contribution in [0.5, 0.6) is 5.75 Å². The fourth-order valence-electron chi connectivity index (χ4n) is 3.26. The average Bonchev–Trinajstić information content (AvgIpc) is 2.97. The number of carbonyl (C=O) groups is 2. The summed E-state index contributed by atoms with van der Waals surface area (Å²) in [6.45, 7) is 2.45. The van der Waals surface area contributed by atoms with E-state index in [4.69, 9.17) is 4.74 Å². The smallest absolute Gasteiger partial charge is 0.337 e. The van der Waals surface area contributed by atoms with E-state index < -0.39 is 17.9 Å². The second-order valence-corrected chi connectivity index (χ2v) is 6.04. The maximum Gasteiger partial charge on any atom is 0.337 e. The Bertz CT molecular complexity index is 637. The Morgan fingerprint density at radius 2 is 2.00 bits per heavy atom. The van der Waals surface area contributed by atoms with E-state index in [9.17, 15) is 14.0 Å². The number of likely N-dealkylation sites (tertiary alicyclic amines) is 1. The number of esters is 1. The zero-order valence-corrected chi connectivity index (χ0v) is 14.8. The fraction of sp³-hybridized carbons (Fsp3) is 0.529. The first kappa shape index (κ1) is 19.5. The zero-order valence-electron chi connectivity index (χ0n) is 14.0. The van der Waals surface area contributed by atoms with Crippen LogP contribution in [0, 0.1) is 5.82 Å². The molecule has 1 unspecified atom stereocenters. The van der Waals surface area contributed by atoms with Crippen LogP contribution in [0.4, 0.5) is 4.39 Å². The van der Waals surface area contributed by atoms with Gasteiger partial charge in [0.1, 0.15) is 0 Å². The lowest BCUT2D eigenvalue weighted by atomic mass is 10.1. The number of halogens is 2. The molecule has 6 nitrogen and oxygen atoms in total. The third kappa shape index (κ3) is 4.22. The fourth-order valence-corrected chi connectivity index (χ4v) is 3.26. The Morgan fingerprint density at radius 3 is 2.64 bits per heavy atom. The zero-order chi connectivity index (χ0) is 17.1. The van der Waals surface area contributed by atoms with Crippen molar-refractivity contribution < 1.29 is 23.5 Å². The number of rotatable bonds is 4. The van der Waals surface area contributed by atoms with Crippen molar-refractivity contribution in [2.75, 3.05) is 26.7 Å². The summed E-state index contributed by atoms with van der Waals surface area (Å²) in [5.74, 6) is -1.40. The minimum Gasteiger partial charge on any atom is -0.477 e. The van der Waals surface area contributed by atoms with Crippen LogP contribution >= 0.6 is 12.4 Å². The molecule has 1 amide bonds. The second-order valence-electron chi connectivity index (χ2n) is 6.04. The highest BCUT2D eigenvalue weighted by atomic mass is 35.5. The number of benzene rings is 1. The summed E-state index contributed by atoms with van der Waals surface area (Å²) in [6, 6.07) is 4.08. The van der Waals surface area contributed by atoms with Crippen molar-refractivity contribution in [2.45, 2.75) is 31.4 Å². The summed E-state index contributed by atoms with van der Waals surface area (Å²) in [5, 5.41) is 3.27. The van der Waals surface area contributed by atoms with Gasteiger partial charge in [0, 0.05) is 19.0 Å². The Kier molecular flexibility index (Phi) is 6.61. The lowest BCUT2D eigenvalue weighted by Gasteiger charge is -2.31. The van der Waals surface area contributed by atoms with E-state index >= 15 is 0 Å². The molecule has 1 aromatic rings. The third-order valence-electron chi connectivity index (χ3n) is 4.56. The Labute approximate surface area is 152 Å². The number of ether oxygens (including phenoxy) is 2. The summed E-state index contributed by atoms with van der Waals surface area (Å²) < 4.78 is 24.2. The molecule has 138 valence electrons. The molecule has 0 aromatic heterocycles. The van der Waals surface area contributed by atoms with Crippen LogP contribution in [-0.4, -0.2) is 55.7 Å². The van der Waals surface area contributed by atoms with Crippen LogP contribution in [0.15, 0.2) is 18.2 Å². The predicted molar refractivity (Wildman–Crippen MR) is 91.6 cm³/mol. The lowest BCUT2D eigenvalue weighted by molar-refractivity contribution is -0.135. The highest BCUT2D eigenvalue weighted by molar-refractivity contribution is 5.89. The number of hydrogen-bond donors (Lipinski definition) is 1. The molecule has 0 aliphatic carbocycles. The summed E-state index contributed by atoms with van der Waals surface area (Å²) >= 11 is 0. The van der Waals surface area contributed by atoms with Crippen molar-refractivity contribution in [1.82, 2.24) is 10.2 Å². The number of hydrogen-bond acceptors (Lipinski definition) is 5. The van der Waals surface area contributed by atoms with E-state index in [1.165, 1.54) is 19.2 Å². The number of carbonyl (C=O) groups excluding carboxylic acids is 2. The first-order valence-corrected chi connectivity index (χ1v) is 8.16. The number of nitrogens with zero attached hydrogens (tertiary/aromatic N) is 1. The van der Waals surface area contributed by atoms with Crippen molar-refractivity contribution in [3.05, 3.63) is 29.6 Å². The molecule has 1 N–H and O–H groups in total. The van der Waals surface area contributed by atoms with Gasteiger partial charge in [0.05, 0.1) is 12.7 Å². The standard InChI is InChI=1S/C17H21FN2O4.ClH/c1-23-17(22)11-2-3-14(13(18)10-11)24-15-6-9-20(16(15)21)12-4-7-19-8-5-12;/h2-3,10,12,15,19H,4-9H2,1H3;1H. The average molecular weight is 373 g/mol. The molecule has 25 heavy (non-hydrogen) atoms. The van der Waals surface area contributed by atoms with Crippen molar-refractivity contribution in [3.63, 3.8) is 0 Å². The van der Waals surface area contributed by atoms with Gasteiger partial charge in [0.25, 0.3) is 5.91 Å². The van der Waals surface area contributed by atoms with Crippen LogP contribution in [-0.2, 0) is 9.53 Å². The molecular formula is C17H22ClFN2O4. The molecule has 1 atom stereocenters. The summed E-state index contributed by atoms with van der Waals surface area (Å²) in [4.78, 5) is 25.8. The molecule has 2 aliphatic rings. The van der Waals surface area contributed by atoms with Crippen molar-refractivity contribution in [2.24, 2.45) is 0 Å². The quantitative estimate of drug-likeness (QED) is 0.816. The van der Waals surface area contributed by atoms with Gasteiger partial charge >= 0.3 is 5.97 Å². The van der Waals surface area contributed by atoms with E-state index in [-0.39, 0.29) is 35.7 Å². The molecule has 0 radical (unpaired) electrons. The highest BCUT2D eigenvalue weighted by Crippen LogP contribution is 2.26. The molecule has 0 saturated carbocycles. The molecule has 0 bridgehead atoms. The van der Waals surface area contributed by atoms with E-state index in [1.54, 1.807) is 0 Å². The Morgan fingerprint density at radius 1 is 1.28 bits per heavy atom. The van der Waals surface area contributed by atoms with Crippen LogP contribution < -0.4 is 10.1 Å². The van der Waals surface area contributed by atoms with Crippen LogP contribution in [0.3, 0.4) is 0 Å². The van der Waals surface area contributed by atoms with Gasteiger partial charge in [-0.1, -0.05) is 0 Å². The molecule has 2 fully saturated rings. The van der Waals surface area contributed by atoms with Gasteiger partial charge in [0.2, 0.25) is 0 Å². The van der Waals surface area contributed by atoms with Gasteiger partial charge in [0.15, 0.2) is 17.7 Å². The Balaban J connectivity index is 0.00000225. The van der Waals surface area contributed by atoms with Gasteiger partial charge in [-0.25, -0.2) is 9.18 Å². The highest BCUT2D eigenvalue weighted by Gasteiger charge is 2.38. The largest absolute Gasteiger partial charge is 0.477 e. The SMILES string of the molecule is COC(=O)c1ccc(OC2CCN(C3CCNCC3)C2=O)c(F)c1.Cl. The Hall–Kier alpha value is -1.86. The van der Waals surface area contributed by atoms with E-state index in [2.05, 4.69) is 10.1 Å². The van der Waals surface area contributed by atoms with Gasteiger partial charge in [-0.05, 0) is 44.1 Å². The minimum atomic E-state index is -0.675. The maximum atomic E-state index is 14.1.